The smallest absolute Gasteiger partial charge is 0.150 e. The van der Waals surface area contributed by atoms with E-state index in [1.165, 1.54) is 4.90 Å². The van der Waals surface area contributed by atoms with Gasteiger partial charge in [0.25, 0.3) is 0 Å². The Morgan fingerprint density at radius 3 is 2.75 bits per heavy atom. The van der Waals surface area contributed by atoms with Crippen molar-refractivity contribution >= 4 is 34.0 Å². The van der Waals surface area contributed by atoms with Crippen LogP contribution in [0.25, 0.3) is 0 Å². The minimum Gasteiger partial charge on any atom is -0.381 e. The molecule has 0 spiro atoms. The molecule has 0 atom stereocenters. The first-order chi connectivity index (χ1) is 7.79. The summed E-state index contributed by atoms with van der Waals surface area (Å²) in [6.07, 6.45) is 3.08. The van der Waals surface area contributed by atoms with Crippen molar-refractivity contribution in [1.29, 1.82) is 0 Å². The maximum atomic E-state index is 10.6. The highest BCUT2D eigenvalue weighted by molar-refractivity contribution is 9.10. The summed E-state index contributed by atoms with van der Waals surface area (Å²) >= 11 is 5.37. The summed E-state index contributed by atoms with van der Waals surface area (Å²) in [5, 5.41) is 0.632. The molecule has 0 aromatic heterocycles. The van der Waals surface area contributed by atoms with Crippen molar-refractivity contribution in [3.8, 4) is 0 Å². The topological polar surface area (TPSA) is 26.3 Å². The lowest BCUT2D eigenvalue weighted by molar-refractivity contribution is 0.1000. The van der Waals surface area contributed by atoms with Crippen LogP contribution in [0.5, 0.6) is 0 Å². The lowest BCUT2D eigenvalue weighted by Gasteiger charge is -2.21. The van der Waals surface area contributed by atoms with Crippen LogP contribution in [0.1, 0.15) is 23.2 Å². The molecule has 0 amide bonds. The zero-order valence-corrected chi connectivity index (χ0v) is 11.2. The summed E-state index contributed by atoms with van der Waals surface area (Å²) in [6, 6.07) is 5.74. The number of thioether (sulfide) groups is 1. The molecule has 1 heterocycles. The minimum atomic E-state index is 0.632. The van der Waals surface area contributed by atoms with E-state index >= 15 is 0 Å². The van der Waals surface area contributed by atoms with E-state index in [1.54, 1.807) is 0 Å². The van der Waals surface area contributed by atoms with E-state index in [9.17, 15) is 4.79 Å². The Kier molecular flexibility index (Phi) is 4.44. The van der Waals surface area contributed by atoms with E-state index in [1.807, 2.05) is 30.0 Å². The van der Waals surface area contributed by atoms with Crippen molar-refractivity contribution in [2.45, 2.75) is 23.0 Å². The van der Waals surface area contributed by atoms with Crippen LogP contribution < -0.4 is 0 Å². The minimum absolute atomic E-state index is 0.632. The number of hydrogen-bond acceptors (Lipinski definition) is 3. The van der Waals surface area contributed by atoms with Crippen LogP contribution in [0.15, 0.2) is 27.6 Å². The van der Waals surface area contributed by atoms with E-state index in [2.05, 4.69) is 15.9 Å². The van der Waals surface area contributed by atoms with Gasteiger partial charge in [0, 0.05) is 33.4 Å². The van der Waals surface area contributed by atoms with Gasteiger partial charge in [-0.2, -0.15) is 0 Å². The molecule has 86 valence electrons. The lowest BCUT2D eigenvalue weighted by atomic mass is 10.2. The Morgan fingerprint density at radius 1 is 1.38 bits per heavy atom. The molecule has 2 nitrogen and oxygen atoms in total. The summed E-state index contributed by atoms with van der Waals surface area (Å²) in [5.74, 6) is 0. The standard InChI is InChI=1S/C12H13BrO2S/c13-11-7-9(8-14)1-2-12(11)16-10-3-5-15-6-4-10/h1-2,7-8,10H,3-6H2. The Bertz CT molecular complexity index is 375. The number of ether oxygens (including phenoxy) is 1. The van der Waals surface area contributed by atoms with E-state index in [4.69, 9.17) is 4.74 Å². The zero-order valence-electron chi connectivity index (χ0n) is 8.82. The quantitative estimate of drug-likeness (QED) is 0.799. The van der Waals surface area contributed by atoms with Crippen molar-refractivity contribution in [2.75, 3.05) is 13.2 Å². The first-order valence-corrected chi connectivity index (χ1v) is 6.96. The van der Waals surface area contributed by atoms with Crippen molar-refractivity contribution in [3.05, 3.63) is 28.2 Å². The second-order valence-corrected chi connectivity index (χ2v) is 5.93. The molecule has 1 aliphatic heterocycles. The first kappa shape index (κ1) is 12.1. The first-order valence-electron chi connectivity index (χ1n) is 5.29. The molecule has 0 bridgehead atoms. The average molecular weight is 301 g/mol. The Morgan fingerprint density at radius 2 is 2.12 bits per heavy atom. The Hall–Kier alpha value is -0.320. The van der Waals surface area contributed by atoms with Crippen molar-refractivity contribution in [3.63, 3.8) is 0 Å². The SMILES string of the molecule is O=Cc1ccc(SC2CCOCC2)c(Br)c1. The van der Waals surface area contributed by atoms with Gasteiger partial charge in [-0.05, 0) is 40.9 Å². The summed E-state index contributed by atoms with van der Waals surface area (Å²) in [5.41, 5.74) is 0.711. The Balaban J connectivity index is 2.05. The predicted octanol–water partition coefficient (Wildman–Crippen LogP) is 3.53. The lowest BCUT2D eigenvalue weighted by Crippen LogP contribution is -2.17. The van der Waals surface area contributed by atoms with Gasteiger partial charge in [0.2, 0.25) is 0 Å². The number of halogens is 1. The molecule has 1 fully saturated rings. The van der Waals surface area contributed by atoms with E-state index in [0.29, 0.717) is 10.8 Å². The molecule has 0 aliphatic carbocycles. The number of carbonyl (C=O) groups excluding carboxylic acids is 1. The van der Waals surface area contributed by atoms with Crippen LogP contribution in [-0.2, 0) is 4.74 Å². The largest absolute Gasteiger partial charge is 0.381 e. The molecule has 0 radical (unpaired) electrons. The number of benzene rings is 1. The highest BCUT2D eigenvalue weighted by Gasteiger charge is 2.16. The number of rotatable bonds is 3. The second kappa shape index (κ2) is 5.84. The van der Waals surface area contributed by atoms with E-state index < -0.39 is 0 Å². The second-order valence-electron chi connectivity index (χ2n) is 3.74. The van der Waals surface area contributed by atoms with Crippen LogP contribution >= 0.6 is 27.7 Å². The summed E-state index contributed by atoms with van der Waals surface area (Å²) in [7, 11) is 0. The maximum Gasteiger partial charge on any atom is 0.150 e. The third kappa shape index (κ3) is 3.09. The molecule has 1 aromatic carbocycles. The average Bonchev–Trinajstić information content (AvgIpc) is 2.33. The molecule has 2 rings (SSSR count). The van der Waals surface area contributed by atoms with Crippen molar-refractivity contribution in [1.82, 2.24) is 0 Å². The van der Waals surface area contributed by atoms with Crippen LogP contribution in [0.4, 0.5) is 0 Å². The number of hydrogen-bond donors (Lipinski definition) is 0. The molecule has 1 aromatic rings. The third-order valence-electron chi connectivity index (χ3n) is 2.55. The fraction of sp³-hybridized carbons (Fsp3) is 0.417. The molecular weight excluding hydrogens is 288 g/mol. The molecule has 16 heavy (non-hydrogen) atoms. The van der Waals surface area contributed by atoms with E-state index in [0.717, 1.165) is 36.8 Å². The predicted molar refractivity (Wildman–Crippen MR) is 69.2 cm³/mol. The zero-order chi connectivity index (χ0) is 11.4. The summed E-state index contributed by atoms with van der Waals surface area (Å²) < 4.78 is 6.34. The van der Waals surface area contributed by atoms with Crippen LogP contribution in [-0.4, -0.2) is 24.7 Å². The van der Waals surface area contributed by atoms with Crippen LogP contribution in [0, 0.1) is 0 Å². The fourth-order valence-corrected chi connectivity index (χ4v) is 3.44. The maximum absolute atomic E-state index is 10.6. The molecule has 4 heteroatoms. The third-order valence-corrected chi connectivity index (χ3v) is 4.89. The van der Waals surface area contributed by atoms with Gasteiger partial charge in [0.15, 0.2) is 0 Å². The van der Waals surface area contributed by atoms with E-state index in [-0.39, 0.29) is 0 Å². The van der Waals surface area contributed by atoms with Gasteiger partial charge in [-0.3, -0.25) is 4.79 Å². The Labute approximate surface area is 108 Å². The highest BCUT2D eigenvalue weighted by Crippen LogP contribution is 2.34. The number of carbonyl (C=O) groups is 1. The summed E-state index contributed by atoms with van der Waals surface area (Å²) in [4.78, 5) is 11.8. The fourth-order valence-electron chi connectivity index (χ4n) is 1.66. The molecule has 0 unspecified atom stereocenters. The van der Waals surface area contributed by atoms with Gasteiger partial charge in [-0.15, -0.1) is 11.8 Å². The van der Waals surface area contributed by atoms with Gasteiger partial charge >= 0.3 is 0 Å². The normalized spacial score (nSPS) is 17.3. The number of aldehydes is 1. The summed E-state index contributed by atoms with van der Waals surface area (Å²) in [6.45, 7) is 1.73. The van der Waals surface area contributed by atoms with Crippen LogP contribution in [0.3, 0.4) is 0 Å². The van der Waals surface area contributed by atoms with Gasteiger partial charge in [-0.1, -0.05) is 6.07 Å². The van der Waals surface area contributed by atoms with Crippen molar-refractivity contribution < 1.29 is 9.53 Å². The monoisotopic (exact) mass is 300 g/mol. The molecule has 0 N–H and O–H groups in total. The molecule has 1 saturated heterocycles. The molecular formula is C12H13BrO2S. The van der Waals surface area contributed by atoms with Gasteiger partial charge in [-0.25, -0.2) is 0 Å². The van der Waals surface area contributed by atoms with Gasteiger partial charge < -0.3 is 4.74 Å². The van der Waals surface area contributed by atoms with Gasteiger partial charge in [0.1, 0.15) is 6.29 Å². The van der Waals surface area contributed by atoms with Gasteiger partial charge in [0.05, 0.1) is 0 Å². The van der Waals surface area contributed by atoms with Crippen LogP contribution in [0.2, 0.25) is 0 Å². The molecule has 1 aliphatic rings. The highest BCUT2D eigenvalue weighted by atomic mass is 79.9. The van der Waals surface area contributed by atoms with Crippen molar-refractivity contribution in [2.24, 2.45) is 0 Å². The molecule has 0 saturated carbocycles.